The number of aromatic nitrogens is 3. The number of carboxylic acids is 1. The molecule has 0 fully saturated rings. The molecule has 0 radical (unpaired) electrons. The Morgan fingerprint density at radius 3 is 2.68 bits per heavy atom. The average Bonchev–Trinajstić information content (AvgIpc) is 2.76. The van der Waals surface area contributed by atoms with Crippen molar-refractivity contribution in [2.24, 2.45) is 7.05 Å². The minimum Gasteiger partial charge on any atom is -0.476 e. The van der Waals surface area contributed by atoms with Crippen LogP contribution >= 0.6 is 0 Å². The van der Waals surface area contributed by atoms with Crippen molar-refractivity contribution >= 4 is 17.1 Å². The first-order chi connectivity index (χ1) is 9.16. The van der Waals surface area contributed by atoms with Crippen LogP contribution in [-0.4, -0.2) is 25.6 Å². The van der Waals surface area contributed by atoms with Gasteiger partial charge in [-0.15, -0.1) is 0 Å². The van der Waals surface area contributed by atoms with Gasteiger partial charge in [-0.2, -0.15) is 0 Å². The van der Waals surface area contributed by atoms with Crippen molar-refractivity contribution < 1.29 is 9.90 Å². The number of hydrogen-bond acceptors (Lipinski definition) is 3. The van der Waals surface area contributed by atoms with Crippen molar-refractivity contribution in [3.05, 3.63) is 48.3 Å². The van der Waals surface area contributed by atoms with E-state index in [0.29, 0.717) is 11.2 Å². The number of carbonyl (C=O) groups is 1. The minimum atomic E-state index is -1.07. The summed E-state index contributed by atoms with van der Waals surface area (Å²) in [6, 6.07) is 11.7. The van der Waals surface area contributed by atoms with E-state index in [9.17, 15) is 4.79 Å². The highest BCUT2D eigenvalue weighted by molar-refractivity contribution is 5.89. The summed E-state index contributed by atoms with van der Waals surface area (Å²) in [4.78, 5) is 19.2. The number of rotatable bonds is 2. The second-order valence-corrected chi connectivity index (χ2v) is 4.22. The summed E-state index contributed by atoms with van der Waals surface area (Å²) in [7, 11) is 1.89. The molecule has 0 unspecified atom stereocenters. The van der Waals surface area contributed by atoms with Crippen LogP contribution in [0.4, 0.5) is 0 Å². The SMILES string of the molecule is Cn1c(-c2ccccc2)cc2nc(C(=O)O)cnc21. The Morgan fingerprint density at radius 1 is 1.26 bits per heavy atom. The molecule has 2 aromatic heterocycles. The third-order valence-corrected chi connectivity index (χ3v) is 3.02. The number of benzene rings is 1. The Labute approximate surface area is 109 Å². The highest BCUT2D eigenvalue weighted by atomic mass is 16.4. The van der Waals surface area contributed by atoms with E-state index in [4.69, 9.17) is 5.11 Å². The predicted molar refractivity (Wildman–Crippen MR) is 70.9 cm³/mol. The van der Waals surface area contributed by atoms with Crippen molar-refractivity contribution in [1.29, 1.82) is 0 Å². The topological polar surface area (TPSA) is 68.0 Å². The zero-order chi connectivity index (χ0) is 13.4. The molecule has 1 N–H and O–H groups in total. The van der Waals surface area contributed by atoms with E-state index in [-0.39, 0.29) is 5.69 Å². The molecule has 5 nitrogen and oxygen atoms in total. The van der Waals surface area contributed by atoms with Crippen LogP contribution in [0.3, 0.4) is 0 Å². The molecular formula is C14H11N3O2. The summed E-state index contributed by atoms with van der Waals surface area (Å²) in [5.74, 6) is -1.07. The predicted octanol–water partition coefficient (Wildman–Crippen LogP) is 2.33. The van der Waals surface area contributed by atoms with Gasteiger partial charge in [-0.1, -0.05) is 30.3 Å². The third kappa shape index (κ3) is 1.85. The van der Waals surface area contributed by atoms with E-state index in [1.54, 1.807) is 0 Å². The molecule has 94 valence electrons. The molecule has 0 amide bonds. The molecule has 1 aromatic carbocycles. The number of hydrogen-bond donors (Lipinski definition) is 1. The molecule has 3 rings (SSSR count). The van der Waals surface area contributed by atoms with Crippen molar-refractivity contribution in [2.45, 2.75) is 0 Å². The van der Waals surface area contributed by atoms with Crippen LogP contribution in [0.5, 0.6) is 0 Å². The van der Waals surface area contributed by atoms with Crippen LogP contribution in [0, 0.1) is 0 Å². The number of aryl methyl sites for hydroxylation is 1. The van der Waals surface area contributed by atoms with E-state index in [2.05, 4.69) is 9.97 Å². The lowest BCUT2D eigenvalue weighted by molar-refractivity contribution is 0.0690. The van der Waals surface area contributed by atoms with Crippen molar-refractivity contribution in [1.82, 2.24) is 14.5 Å². The fourth-order valence-corrected chi connectivity index (χ4v) is 2.08. The Hall–Kier alpha value is -2.69. The van der Waals surface area contributed by atoms with Gasteiger partial charge in [0.2, 0.25) is 0 Å². The molecule has 3 aromatic rings. The maximum atomic E-state index is 10.9. The van der Waals surface area contributed by atoms with Gasteiger partial charge in [0.15, 0.2) is 11.3 Å². The van der Waals surface area contributed by atoms with Gasteiger partial charge in [-0.25, -0.2) is 14.8 Å². The lowest BCUT2D eigenvalue weighted by Crippen LogP contribution is -2.01. The fourth-order valence-electron chi connectivity index (χ4n) is 2.08. The zero-order valence-electron chi connectivity index (χ0n) is 10.2. The standard InChI is InChI=1S/C14H11N3O2/c1-17-12(9-5-3-2-4-6-9)7-10-13(17)15-8-11(16-10)14(18)19/h2-8H,1H3,(H,18,19). The zero-order valence-corrected chi connectivity index (χ0v) is 10.2. The Balaban J connectivity index is 2.23. The van der Waals surface area contributed by atoms with Crippen molar-refractivity contribution in [3.63, 3.8) is 0 Å². The summed E-state index contributed by atoms with van der Waals surface area (Å²) in [6.07, 6.45) is 1.28. The Kier molecular flexibility index (Phi) is 2.52. The molecule has 19 heavy (non-hydrogen) atoms. The summed E-state index contributed by atoms with van der Waals surface area (Å²) in [5, 5.41) is 8.93. The van der Waals surface area contributed by atoms with Gasteiger partial charge in [0.1, 0.15) is 5.52 Å². The molecule has 0 aliphatic carbocycles. The average molecular weight is 253 g/mol. The van der Waals surface area contributed by atoms with E-state index < -0.39 is 5.97 Å². The van der Waals surface area contributed by atoms with Crippen LogP contribution in [0.15, 0.2) is 42.6 Å². The minimum absolute atomic E-state index is 0.0438. The maximum absolute atomic E-state index is 10.9. The highest BCUT2D eigenvalue weighted by Gasteiger charge is 2.12. The van der Waals surface area contributed by atoms with Crippen LogP contribution in [0.25, 0.3) is 22.4 Å². The van der Waals surface area contributed by atoms with E-state index >= 15 is 0 Å². The van der Waals surface area contributed by atoms with E-state index in [1.807, 2.05) is 48.0 Å². The first-order valence-corrected chi connectivity index (χ1v) is 5.78. The summed E-state index contributed by atoms with van der Waals surface area (Å²) in [5.41, 5.74) is 3.21. The molecule has 2 heterocycles. The van der Waals surface area contributed by atoms with Gasteiger partial charge in [0.25, 0.3) is 0 Å². The van der Waals surface area contributed by atoms with Gasteiger partial charge < -0.3 is 9.67 Å². The van der Waals surface area contributed by atoms with Crippen LogP contribution < -0.4 is 0 Å². The van der Waals surface area contributed by atoms with E-state index in [0.717, 1.165) is 11.3 Å². The first kappa shape index (κ1) is 11.4. The van der Waals surface area contributed by atoms with Crippen molar-refractivity contribution in [3.8, 4) is 11.3 Å². The quantitative estimate of drug-likeness (QED) is 0.761. The molecule has 0 bridgehead atoms. The van der Waals surface area contributed by atoms with Gasteiger partial charge in [0.05, 0.1) is 11.9 Å². The second kappa shape index (κ2) is 4.20. The van der Waals surface area contributed by atoms with Gasteiger partial charge in [-0.3, -0.25) is 0 Å². The molecule has 0 saturated carbocycles. The Morgan fingerprint density at radius 2 is 2.00 bits per heavy atom. The third-order valence-electron chi connectivity index (χ3n) is 3.02. The van der Waals surface area contributed by atoms with Crippen LogP contribution in [0.1, 0.15) is 10.5 Å². The van der Waals surface area contributed by atoms with Gasteiger partial charge in [-0.05, 0) is 11.6 Å². The lowest BCUT2D eigenvalue weighted by Gasteiger charge is -2.02. The summed E-state index contributed by atoms with van der Waals surface area (Å²) < 4.78 is 1.91. The second-order valence-electron chi connectivity index (χ2n) is 4.22. The highest BCUT2D eigenvalue weighted by Crippen LogP contribution is 2.24. The van der Waals surface area contributed by atoms with E-state index in [1.165, 1.54) is 6.20 Å². The molecule has 0 saturated heterocycles. The Bertz CT molecular complexity index is 763. The molecule has 5 heteroatoms. The number of fused-ring (bicyclic) bond motifs is 1. The molecule has 0 aliphatic heterocycles. The number of nitrogens with zero attached hydrogens (tertiary/aromatic N) is 3. The molecular weight excluding hydrogens is 242 g/mol. The monoisotopic (exact) mass is 253 g/mol. The fraction of sp³-hybridized carbons (Fsp3) is 0.0714. The molecule has 0 aliphatic rings. The van der Waals surface area contributed by atoms with Crippen molar-refractivity contribution in [2.75, 3.05) is 0 Å². The van der Waals surface area contributed by atoms with Gasteiger partial charge in [0, 0.05) is 7.05 Å². The van der Waals surface area contributed by atoms with Crippen LogP contribution in [0.2, 0.25) is 0 Å². The van der Waals surface area contributed by atoms with Gasteiger partial charge >= 0.3 is 5.97 Å². The largest absolute Gasteiger partial charge is 0.476 e. The molecule has 0 atom stereocenters. The summed E-state index contributed by atoms with van der Waals surface area (Å²) in [6.45, 7) is 0. The maximum Gasteiger partial charge on any atom is 0.356 e. The lowest BCUT2D eigenvalue weighted by atomic mass is 10.1. The number of carboxylic acid groups (broad SMARTS) is 1. The number of aromatic carboxylic acids is 1. The normalized spacial score (nSPS) is 10.8. The molecule has 0 spiro atoms. The first-order valence-electron chi connectivity index (χ1n) is 5.78. The summed E-state index contributed by atoms with van der Waals surface area (Å²) >= 11 is 0. The van der Waals surface area contributed by atoms with Crippen LogP contribution in [-0.2, 0) is 7.05 Å². The smallest absolute Gasteiger partial charge is 0.356 e.